The maximum atomic E-state index is 6.68. The van der Waals surface area contributed by atoms with Gasteiger partial charge in [-0.2, -0.15) is 0 Å². The third kappa shape index (κ3) is 5.69. The fraction of sp³-hybridized carbons (Fsp3) is 0.481. The van der Waals surface area contributed by atoms with Crippen molar-refractivity contribution in [2.24, 2.45) is 0 Å². The fourth-order valence-corrected chi connectivity index (χ4v) is 5.36. The zero-order valence-corrected chi connectivity index (χ0v) is 24.6. The van der Waals surface area contributed by atoms with Gasteiger partial charge in [-0.3, -0.25) is 0 Å². The topological polar surface area (TPSA) is 27.7 Å². The van der Waals surface area contributed by atoms with E-state index in [1.165, 1.54) is 0 Å². The maximum absolute atomic E-state index is 6.68. The van der Waals surface area contributed by atoms with E-state index in [-0.39, 0.29) is 10.1 Å². The van der Waals surface area contributed by atoms with E-state index in [1.807, 2.05) is 12.1 Å². The van der Waals surface area contributed by atoms with Gasteiger partial charge in [-0.25, -0.2) is 0 Å². The molecule has 1 heterocycles. The highest BCUT2D eigenvalue weighted by Gasteiger charge is 2.40. The van der Waals surface area contributed by atoms with Crippen LogP contribution >= 0.6 is 11.6 Å². The van der Waals surface area contributed by atoms with Crippen LogP contribution in [-0.2, 0) is 0 Å². The van der Waals surface area contributed by atoms with Gasteiger partial charge in [-0.15, -0.1) is 0 Å². The lowest BCUT2D eigenvalue weighted by molar-refractivity contribution is 0.363. The number of hydrogen-bond donors (Lipinski definition) is 0. The number of hydrogen-bond acceptors (Lipinski definition) is 3. The standard InChI is InChI=1S/C27H39ClO3Si2/c1-26(2,3)32(7,8)30-21-13-11-19(12-14-21)20-15-23-24(28)16-22(17-25(23)29-18-20)31-33(9,10)27(4,5)6/h11-17H,18H2,1-10H3. The van der Waals surface area contributed by atoms with E-state index in [9.17, 15) is 0 Å². The summed E-state index contributed by atoms with van der Waals surface area (Å²) in [6.45, 7) is 22.9. The van der Waals surface area contributed by atoms with Gasteiger partial charge in [0.15, 0.2) is 0 Å². The van der Waals surface area contributed by atoms with Gasteiger partial charge in [0.2, 0.25) is 16.6 Å². The predicted octanol–water partition coefficient (Wildman–Crippen LogP) is 9.04. The summed E-state index contributed by atoms with van der Waals surface area (Å²) < 4.78 is 19.0. The average molecular weight is 503 g/mol. The van der Waals surface area contributed by atoms with Crippen LogP contribution in [0.25, 0.3) is 11.6 Å². The van der Waals surface area contributed by atoms with E-state index in [0.29, 0.717) is 11.6 Å². The summed E-state index contributed by atoms with van der Waals surface area (Å²) >= 11 is 6.68. The third-order valence-electron chi connectivity index (χ3n) is 7.35. The lowest BCUT2D eigenvalue weighted by Crippen LogP contribution is -2.43. The first-order valence-electron chi connectivity index (χ1n) is 11.7. The molecule has 0 amide bonds. The number of fused-ring (bicyclic) bond motifs is 1. The quantitative estimate of drug-likeness (QED) is 0.381. The molecule has 0 fully saturated rings. The molecule has 0 aliphatic carbocycles. The number of halogens is 1. The molecule has 1 aliphatic rings. The molecule has 6 heteroatoms. The molecule has 3 rings (SSSR count). The van der Waals surface area contributed by atoms with E-state index in [4.69, 9.17) is 25.2 Å². The van der Waals surface area contributed by atoms with Crippen molar-refractivity contribution < 1.29 is 13.6 Å². The molecule has 0 saturated heterocycles. The summed E-state index contributed by atoms with van der Waals surface area (Å²) in [6, 6.07) is 12.2. The molecular formula is C27H39ClO3Si2. The zero-order chi connectivity index (χ0) is 24.8. The zero-order valence-electron chi connectivity index (χ0n) is 21.9. The van der Waals surface area contributed by atoms with Crippen LogP contribution in [0.4, 0.5) is 0 Å². The minimum absolute atomic E-state index is 0.115. The van der Waals surface area contributed by atoms with Crippen molar-refractivity contribution in [1.82, 2.24) is 0 Å². The molecule has 2 aromatic rings. The number of rotatable bonds is 5. The Morgan fingerprint density at radius 3 is 1.82 bits per heavy atom. The molecule has 0 saturated carbocycles. The summed E-state index contributed by atoms with van der Waals surface area (Å²) in [4.78, 5) is 0. The van der Waals surface area contributed by atoms with Crippen molar-refractivity contribution in [3.63, 3.8) is 0 Å². The van der Waals surface area contributed by atoms with E-state index >= 15 is 0 Å². The van der Waals surface area contributed by atoms with Gasteiger partial charge >= 0.3 is 0 Å². The Morgan fingerprint density at radius 1 is 0.788 bits per heavy atom. The normalized spacial score (nSPS) is 14.8. The van der Waals surface area contributed by atoms with E-state index in [1.54, 1.807) is 0 Å². The Kier molecular flexibility index (Phi) is 6.93. The molecule has 0 N–H and O–H groups in total. The first-order valence-corrected chi connectivity index (χ1v) is 17.8. The predicted molar refractivity (Wildman–Crippen MR) is 147 cm³/mol. The minimum atomic E-state index is -1.95. The van der Waals surface area contributed by atoms with E-state index < -0.39 is 16.6 Å². The van der Waals surface area contributed by atoms with Gasteiger partial charge in [0, 0.05) is 11.6 Å². The molecule has 1 aliphatic heterocycles. The first kappa shape index (κ1) is 25.9. The van der Waals surface area contributed by atoms with Crippen LogP contribution in [0.1, 0.15) is 52.7 Å². The Hall–Kier alpha value is -1.70. The Bertz CT molecular complexity index is 1040. The lowest BCUT2D eigenvalue weighted by atomic mass is 10.0. The molecule has 0 radical (unpaired) electrons. The summed E-state index contributed by atoms with van der Waals surface area (Å²) in [5.41, 5.74) is 3.12. The molecule has 3 nitrogen and oxygen atoms in total. The third-order valence-corrected chi connectivity index (χ3v) is 16.4. The van der Waals surface area contributed by atoms with Gasteiger partial charge in [0.25, 0.3) is 0 Å². The van der Waals surface area contributed by atoms with Crippen LogP contribution in [-0.4, -0.2) is 23.2 Å². The van der Waals surface area contributed by atoms with E-state index in [2.05, 4.69) is 98.1 Å². The molecular weight excluding hydrogens is 464 g/mol. The average Bonchev–Trinajstić information content (AvgIpc) is 2.66. The lowest BCUT2D eigenvalue weighted by Gasteiger charge is -2.36. The fourth-order valence-electron chi connectivity index (χ4n) is 3.06. The second-order valence-corrected chi connectivity index (χ2v) is 21.9. The van der Waals surface area contributed by atoms with Gasteiger partial charge in [-0.05, 0) is 71.7 Å². The number of ether oxygens (including phenoxy) is 1. The van der Waals surface area contributed by atoms with Gasteiger partial charge < -0.3 is 13.6 Å². The minimum Gasteiger partial charge on any atom is -0.544 e. The molecule has 0 spiro atoms. The van der Waals surface area contributed by atoms with Crippen LogP contribution in [0.3, 0.4) is 0 Å². The molecule has 0 bridgehead atoms. The molecule has 180 valence electrons. The highest BCUT2D eigenvalue weighted by Crippen LogP contribution is 2.43. The molecule has 0 atom stereocenters. The van der Waals surface area contributed by atoms with Crippen LogP contribution in [0.15, 0.2) is 36.4 Å². The Morgan fingerprint density at radius 2 is 1.30 bits per heavy atom. The maximum Gasteiger partial charge on any atom is 0.250 e. The smallest absolute Gasteiger partial charge is 0.250 e. The second-order valence-electron chi connectivity index (χ2n) is 12.0. The summed E-state index contributed by atoms with van der Waals surface area (Å²) in [5, 5.41) is 0.930. The van der Waals surface area contributed by atoms with Crippen LogP contribution in [0.2, 0.25) is 41.3 Å². The Balaban J connectivity index is 1.83. The summed E-state index contributed by atoms with van der Waals surface area (Å²) in [7, 11) is -3.81. The van der Waals surface area contributed by atoms with Crippen LogP contribution < -0.4 is 13.6 Å². The summed E-state index contributed by atoms with van der Waals surface area (Å²) in [5.74, 6) is 2.49. The highest BCUT2D eigenvalue weighted by molar-refractivity contribution is 6.75. The number of benzene rings is 2. The monoisotopic (exact) mass is 502 g/mol. The van der Waals surface area contributed by atoms with Crippen LogP contribution in [0.5, 0.6) is 17.2 Å². The van der Waals surface area contributed by atoms with Crippen LogP contribution in [0, 0.1) is 0 Å². The highest BCUT2D eigenvalue weighted by atomic mass is 35.5. The molecule has 0 aromatic heterocycles. The first-order chi connectivity index (χ1) is 15.0. The van der Waals surface area contributed by atoms with Crippen molar-refractivity contribution in [2.75, 3.05) is 6.61 Å². The second kappa shape index (κ2) is 8.82. The van der Waals surface area contributed by atoms with Crippen molar-refractivity contribution in [3.05, 3.63) is 52.5 Å². The Labute approximate surface area is 207 Å². The molecule has 0 unspecified atom stereocenters. The van der Waals surface area contributed by atoms with Crippen molar-refractivity contribution in [2.45, 2.75) is 77.8 Å². The van der Waals surface area contributed by atoms with Gasteiger partial charge in [0.05, 0.1) is 5.02 Å². The largest absolute Gasteiger partial charge is 0.544 e. The van der Waals surface area contributed by atoms with Gasteiger partial charge in [0.1, 0.15) is 23.9 Å². The SMILES string of the molecule is CC(C)(C)[Si](C)(C)Oc1ccc(C2=Cc3c(Cl)cc(O[Si](C)(C)C(C)(C)C)cc3OC2)cc1. The van der Waals surface area contributed by atoms with Gasteiger partial charge in [-0.1, -0.05) is 65.3 Å². The molecule has 33 heavy (non-hydrogen) atoms. The van der Waals surface area contributed by atoms with Crippen molar-refractivity contribution in [3.8, 4) is 17.2 Å². The van der Waals surface area contributed by atoms with Crippen molar-refractivity contribution >= 4 is 39.9 Å². The van der Waals surface area contributed by atoms with Crippen molar-refractivity contribution in [1.29, 1.82) is 0 Å². The summed E-state index contributed by atoms with van der Waals surface area (Å²) in [6.07, 6.45) is 2.13. The molecule has 2 aromatic carbocycles. The van der Waals surface area contributed by atoms with E-state index in [0.717, 1.165) is 33.9 Å².